The number of sulfonamides is 1. The highest BCUT2D eigenvalue weighted by Gasteiger charge is 2.20. The van der Waals surface area contributed by atoms with E-state index < -0.39 is 10.0 Å². The first-order valence-electron chi connectivity index (χ1n) is 8.33. The van der Waals surface area contributed by atoms with Crippen molar-refractivity contribution in [3.63, 3.8) is 0 Å². The molecule has 0 saturated heterocycles. The minimum absolute atomic E-state index is 0.0930. The molecule has 0 aliphatic heterocycles. The third-order valence-electron chi connectivity index (χ3n) is 4.10. The van der Waals surface area contributed by atoms with Gasteiger partial charge in [0.15, 0.2) is 0 Å². The van der Waals surface area contributed by atoms with Crippen molar-refractivity contribution in [2.75, 3.05) is 23.8 Å². The second kappa shape index (κ2) is 7.67. The van der Waals surface area contributed by atoms with E-state index in [0.717, 1.165) is 11.3 Å². The van der Waals surface area contributed by atoms with Crippen molar-refractivity contribution in [3.05, 3.63) is 72.4 Å². The number of nitrogens with one attached hydrogen (secondary N) is 1. The van der Waals surface area contributed by atoms with Crippen molar-refractivity contribution in [2.24, 2.45) is 0 Å². The molecule has 0 spiro atoms. The van der Waals surface area contributed by atoms with Gasteiger partial charge in [-0.3, -0.25) is 4.72 Å². The van der Waals surface area contributed by atoms with Gasteiger partial charge in [-0.1, -0.05) is 24.3 Å². The number of nitrogens with zero attached hydrogens (tertiary/aromatic N) is 2. The fourth-order valence-corrected chi connectivity index (χ4v) is 3.93. The van der Waals surface area contributed by atoms with Crippen LogP contribution in [-0.2, 0) is 10.0 Å². The third kappa shape index (κ3) is 4.20. The highest BCUT2D eigenvalue weighted by molar-refractivity contribution is 7.92. The van der Waals surface area contributed by atoms with Crippen LogP contribution >= 0.6 is 0 Å². The minimum Gasteiger partial charge on any atom is -0.495 e. The van der Waals surface area contributed by atoms with Crippen molar-refractivity contribution in [2.45, 2.75) is 11.8 Å². The number of anilines is 3. The highest BCUT2D eigenvalue weighted by atomic mass is 32.2. The van der Waals surface area contributed by atoms with E-state index in [1.807, 2.05) is 49.2 Å². The molecule has 3 rings (SSSR count). The molecule has 1 N–H and O–H groups in total. The van der Waals surface area contributed by atoms with Gasteiger partial charge in [0.05, 0.1) is 19.0 Å². The molecule has 2 aromatic carbocycles. The first-order chi connectivity index (χ1) is 12.9. The standard InChI is InChI=1S/C20H21N3O3S/c1-15-9-11-18(26-3)19(13-15)27(24,25)22-16-10-12-20(21-14-16)23(2)17-7-5-4-6-8-17/h4-14,22H,1-3H3. The Kier molecular flexibility index (Phi) is 5.32. The Bertz CT molecular complexity index is 1020. The summed E-state index contributed by atoms with van der Waals surface area (Å²) in [4.78, 5) is 6.37. The number of pyridine rings is 1. The van der Waals surface area contributed by atoms with E-state index in [0.29, 0.717) is 17.3 Å². The largest absolute Gasteiger partial charge is 0.495 e. The smallest absolute Gasteiger partial charge is 0.265 e. The van der Waals surface area contributed by atoms with Gasteiger partial charge in [0.25, 0.3) is 10.0 Å². The van der Waals surface area contributed by atoms with E-state index in [1.54, 1.807) is 30.3 Å². The van der Waals surface area contributed by atoms with Crippen LogP contribution in [0, 0.1) is 6.92 Å². The summed E-state index contributed by atoms with van der Waals surface area (Å²) < 4.78 is 33.2. The van der Waals surface area contributed by atoms with Gasteiger partial charge in [0.2, 0.25) is 0 Å². The van der Waals surface area contributed by atoms with Gasteiger partial charge in [-0.15, -0.1) is 0 Å². The molecule has 1 aromatic heterocycles. The summed E-state index contributed by atoms with van der Waals surface area (Å²) in [7, 11) is -0.447. The summed E-state index contributed by atoms with van der Waals surface area (Å²) >= 11 is 0. The first kappa shape index (κ1) is 18.7. The van der Waals surface area contributed by atoms with Crippen LogP contribution in [0.1, 0.15) is 5.56 Å². The zero-order chi connectivity index (χ0) is 19.4. The Labute approximate surface area is 159 Å². The molecule has 0 atom stereocenters. The Morgan fingerprint density at radius 3 is 2.41 bits per heavy atom. The first-order valence-corrected chi connectivity index (χ1v) is 9.81. The van der Waals surface area contributed by atoms with Crippen LogP contribution in [0.2, 0.25) is 0 Å². The maximum absolute atomic E-state index is 12.7. The second-order valence-corrected chi connectivity index (χ2v) is 7.71. The SMILES string of the molecule is COc1ccc(C)cc1S(=O)(=O)Nc1ccc(N(C)c2ccccc2)nc1. The van der Waals surface area contributed by atoms with E-state index in [2.05, 4.69) is 9.71 Å². The van der Waals surface area contributed by atoms with Crippen LogP contribution < -0.4 is 14.4 Å². The zero-order valence-corrected chi connectivity index (χ0v) is 16.2. The maximum Gasteiger partial charge on any atom is 0.265 e. The molecule has 7 heteroatoms. The van der Waals surface area contributed by atoms with E-state index in [4.69, 9.17) is 4.74 Å². The molecule has 0 aliphatic rings. The third-order valence-corrected chi connectivity index (χ3v) is 5.50. The van der Waals surface area contributed by atoms with E-state index in [9.17, 15) is 8.42 Å². The van der Waals surface area contributed by atoms with E-state index >= 15 is 0 Å². The van der Waals surface area contributed by atoms with Crippen molar-refractivity contribution in [1.82, 2.24) is 4.98 Å². The summed E-state index contributed by atoms with van der Waals surface area (Å²) in [6, 6.07) is 18.2. The molecule has 0 unspecified atom stereocenters. The fraction of sp³-hybridized carbons (Fsp3) is 0.150. The Hall–Kier alpha value is -3.06. The lowest BCUT2D eigenvalue weighted by atomic mass is 10.2. The number of aryl methyl sites for hydroxylation is 1. The Morgan fingerprint density at radius 2 is 1.78 bits per heavy atom. The molecule has 0 fully saturated rings. The summed E-state index contributed by atoms with van der Waals surface area (Å²) in [5, 5.41) is 0. The van der Waals surface area contributed by atoms with Crippen LogP contribution in [0.15, 0.2) is 71.8 Å². The second-order valence-electron chi connectivity index (χ2n) is 6.06. The van der Waals surface area contributed by atoms with Crippen molar-refractivity contribution in [3.8, 4) is 5.75 Å². The van der Waals surface area contributed by atoms with Gasteiger partial charge in [0.1, 0.15) is 16.5 Å². The number of hydrogen-bond donors (Lipinski definition) is 1. The molecule has 0 saturated carbocycles. The van der Waals surface area contributed by atoms with Crippen molar-refractivity contribution >= 4 is 27.2 Å². The number of ether oxygens (including phenoxy) is 1. The molecule has 1 heterocycles. The average Bonchev–Trinajstić information content (AvgIpc) is 2.68. The number of para-hydroxylation sites is 1. The molecular weight excluding hydrogens is 362 g/mol. The maximum atomic E-state index is 12.7. The number of rotatable bonds is 6. The molecule has 0 amide bonds. The number of hydrogen-bond acceptors (Lipinski definition) is 5. The molecule has 6 nitrogen and oxygen atoms in total. The molecule has 3 aromatic rings. The van der Waals surface area contributed by atoms with Crippen LogP contribution in [0.25, 0.3) is 0 Å². The average molecular weight is 383 g/mol. The molecule has 0 radical (unpaired) electrons. The highest BCUT2D eigenvalue weighted by Crippen LogP contribution is 2.27. The van der Waals surface area contributed by atoms with Gasteiger partial charge < -0.3 is 9.64 Å². The Balaban J connectivity index is 1.83. The summed E-state index contributed by atoms with van der Waals surface area (Å²) in [6.07, 6.45) is 1.49. The van der Waals surface area contributed by atoms with Crippen molar-refractivity contribution < 1.29 is 13.2 Å². The minimum atomic E-state index is -3.79. The molecule has 0 aliphatic carbocycles. The zero-order valence-electron chi connectivity index (χ0n) is 15.4. The number of aromatic nitrogens is 1. The number of benzene rings is 2. The fourth-order valence-electron chi connectivity index (χ4n) is 2.63. The van der Waals surface area contributed by atoms with Gasteiger partial charge in [-0.05, 0) is 48.9 Å². The van der Waals surface area contributed by atoms with Crippen LogP contribution in [-0.4, -0.2) is 27.6 Å². The summed E-state index contributed by atoms with van der Waals surface area (Å²) in [5.41, 5.74) is 2.20. The predicted molar refractivity (Wildman–Crippen MR) is 107 cm³/mol. The summed E-state index contributed by atoms with van der Waals surface area (Å²) in [5.74, 6) is 0.999. The van der Waals surface area contributed by atoms with Gasteiger partial charge in [0, 0.05) is 12.7 Å². The molecule has 27 heavy (non-hydrogen) atoms. The quantitative estimate of drug-likeness (QED) is 0.697. The number of methoxy groups -OCH3 is 1. The van der Waals surface area contributed by atoms with Crippen LogP contribution in [0.5, 0.6) is 5.75 Å². The van der Waals surface area contributed by atoms with Crippen LogP contribution in [0.3, 0.4) is 0 Å². The molecular formula is C20H21N3O3S. The van der Waals surface area contributed by atoms with Crippen LogP contribution in [0.4, 0.5) is 17.2 Å². The lowest BCUT2D eigenvalue weighted by Gasteiger charge is -2.18. The lowest BCUT2D eigenvalue weighted by molar-refractivity contribution is 0.402. The monoisotopic (exact) mass is 383 g/mol. The van der Waals surface area contributed by atoms with Crippen molar-refractivity contribution in [1.29, 1.82) is 0 Å². The lowest BCUT2D eigenvalue weighted by Crippen LogP contribution is -2.15. The normalized spacial score (nSPS) is 11.1. The Morgan fingerprint density at radius 1 is 1.04 bits per heavy atom. The molecule has 140 valence electrons. The van der Waals surface area contributed by atoms with E-state index in [-0.39, 0.29) is 4.90 Å². The molecule has 0 bridgehead atoms. The summed E-state index contributed by atoms with van der Waals surface area (Å²) in [6.45, 7) is 1.83. The van der Waals surface area contributed by atoms with E-state index in [1.165, 1.54) is 13.3 Å². The topological polar surface area (TPSA) is 71.5 Å². The van der Waals surface area contributed by atoms with Gasteiger partial charge in [-0.25, -0.2) is 13.4 Å². The predicted octanol–water partition coefficient (Wildman–Crippen LogP) is 3.97. The van der Waals surface area contributed by atoms with Gasteiger partial charge in [-0.2, -0.15) is 0 Å². The van der Waals surface area contributed by atoms with Gasteiger partial charge >= 0.3 is 0 Å².